The van der Waals surface area contributed by atoms with E-state index in [1.807, 2.05) is 19.1 Å². The molecule has 126 valence electrons. The van der Waals surface area contributed by atoms with Crippen molar-refractivity contribution in [1.82, 2.24) is 15.2 Å². The van der Waals surface area contributed by atoms with Crippen LogP contribution in [0.3, 0.4) is 0 Å². The van der Waals surface area contributed by atoms with Crippen LogP contribution in [0.4, 0.5) is 10.5 Å². The summed E-state index contributed by atoms with van der Waals surface area (Å²) in [4.78, 5) is 28.2. The lowest BCUT2D eigenvalue weighted by Gasteiger charge is -2.27. The number of hydrogen-bond donors (Lipinski definition) is 1. The van der Waals surface area contributed by atoms with E-state index in [0.717, 1.165) is 17.5 Å². The first-order valence-corrected chi connectivity index (χ1v) is 7.66. The molecule has 0 aliphatic carbocycles. The van der Waals surface area contributed by atoms with Gasteiger partial charge in [-0.25, -0.2) is 4.79 Å². The van der Waals surface area contributed by atoms with Crippen molar-refractivity contribution in [2.45, 2.75) is 25.9 Å². The Balaban J connectivity index is 1.97. The predicted octanol–water partition coefficient (Wildman–Crippen LogP) is 3.28. The maximum absolute atomic E-state index is 12.4. The van der Waals surface area contributed by atoms with Crippen LogP contribution in [0.1, 0.15) is 30.5 Å². The van der Waals surface area contributed by atoms with Gasteiger partial charge in [0.1, 0.15) is 0 Å². The van der Waals surface area contributed by atoms with E-state index in [0.29, 0.717) is 6.54 Å². The molecule has 7 nitrogen and oxygen atoms in total. The summed E-state index contributed by atoms with van der Waals surface area (Å²) in [5.41, 5.74) is 1.87. The number of rotatable bonds is 6. The molecule has 2 aromatic rings. The molecule has 24 heavy (non-hydrogen) atoms. The van der Waals surface area contributed by atoms with Crippen molar-refractivity contribution in [2.75, 3.05) is 7.05 Å². The molecular weight excluding hydrogens is 308 g/mol. The topological polar surface area (TPSA) is 88.4 Å². The second-order valence-electron chi connectivity index (χ2n) is 5.40. The van der Waals surface area contributed by atoms with Crippen molar-refractivity contribution >= 4 is 11.7 Å². The number of benzene rings is 1. The highest BCUT2D eigenvalue weighted by Crippen LogP contribution is 2.22. The third-order valence-electron chi connectivity index (χ3n) is 3.86. The molecule has 7 heteroatoms. The van der Waals surface area contributed by atoms with Gasteiger partial charge in [0.2, 0.25) is 0 Å². The number of aromatic nitrogens is 1. The molecule has 0 bridgehead atoms. The summed E-state index contributed by atoms with van der Waals surface area (Å²) in [5.74, 6) is 0. The lowest BCUT2D eigenvalue weighted by molar-refractivity contribution is -0.384. The minimum Gasteiger partial charge on any atom is -0.334 e. The number of nitro groups is 1. The van der Waals surface area contributed by atoms with Crippen LogP contribution >= 0.6 is 0 Å². The predicted molar refractivity (Wildman–Crippen MR) is 90.4 cm³/mol. The maximum atomic E-state index is 12.4. The molecule has 0 spiro atoms. The molecular formula is C17H20N4O3. The summed E-state index contributed by atoms with van der Waals surface area (Å²) >= 11 is 0. The van der Waals surface area contributed by atoms with Crippen molar-refractivity contribution in [3.63, 3.8) is 0 Å². The highest BCUT2D eigenvalue weighted by Gasteiger charge is 2.19. The number of pyridine rings is 1. The van der Waals surface area contributed by atoms with E-state index in [1.165, 1.54) is 12.1 Å². The lowest BCUT2D eigenvalue weighted by Crippen LogP contribution is -2.39. The molecule has 0 saturated carbocycles. The van der Waals surface area contributed by atoms with Gasteiger partial charge in [0.15, 0.2) is 0 Å². The number of urea groups is 1. The molecule has 0 fully saturated rings. The van der Waals surface area contributed by atoms with E-state index >= 15 is 0 Å². The Labute approximate surface area is 140 Å². The van der Waals surface area contributed by atoms with E-state index in [2.05, 4.69) is 10.3 Å². The molecule has 2 rings (SSSR count). The van der Waals surface area contributed by atoms with Gasteiger partial charge in [0, 0.05) is 38.1 Å². The third-order valence-corrected chi connectivity index (χ3v) is 3.86. The van der Waals surface area contributed by atoms with Gasteiger partial charge in [-0.15, -0.1) is 0 Å². The quantitative estimate of drug-likeness (QED) is 0.651. The zero-order valence-electron chi connectivity index (χ0n) is 13.7. The van der Waals surface area contributed by atoms with Crippen LogP contribution in [0.15, 0.2) is 48.8 Å². The molecule has 1 aromatic heterocycles. The van der Waals surface area contributed by atoms with Gasteiger partial charge in [0.25, 0.3) is 5.69 Å². The smallest absolute Gasteiger partial charge is 0.317 e. The molecule has 2 amide bonds. The van der Waals surface area contributed by atoms with Gasteiger partial charge in [0.05, 0.1) is 11.0 Å². The number of nitrogens with one attached hydrogen (secondary N) is 1. The molecule has 0 aliphatic rings. The monoisotopic (exact) mass is 328 g/mol. The van der Waals surface area contributed by atoms with Crippen LogP contribution in [0.5, 0.6) is 0 Å². The second kappa shape index (κ2) is 8.05. The highest BCUT2D eigenvalue weighted by molar-refractivity contribution is 5.74. The van der Waals surface area contributed by atoms with Crippen LogP contribution in [-0.4, -0.2) is 27.9 Å². The Hall–Kier alpha value is -2.96. The average molecular weight is 328 g/mol. The minimum absolute atomic E-state index is 0.0333. The van der Waals surface area contributed by atoms with E-state index in [4.69, 9.17) is 0 Å². The highest BCUT2D eigenvalue weighted by atomic mass is 16.6. The Kier molecular flexibility index (Phi) is 5.83. The Morgan fingerprint density at radius 2 is 1.88 bits per heavy atom. The fourth-order valence-electron chi connectivity index (χ4n) is 2.50. The second-order valence-corrected chi connectivity index (χ2v) is 5.40. The molecule has 0 unspecified atom stereocenters. The van der Waals surface area contributed by atoms with Gasteiger partial charge in [-0.05, 0) is 29.7 Å². The van der Waals surface area contributed by atoms with Crippen LogP contribution in [0.25, 0.3) is 0 Å². The number of hydrogen-bond acceptors (Lipinski definition) is 4. The first-order valence-electron chi connectivity index (χ1n) is 7.66. The Morgan fingerprint density at radius 3 is 2.42 bits per heavy atom. The van der Waals surface area contributed by atoms with Gasteiger partial charge < -0.3 is 10.2 Å². The Bertz CT molecular complexity index is 689. The summed E-state index contributed by atoms with van der Waals surface area (Å²) < 4.78 is 0. The Morgan fingerprint density at radius 1 is 1.25 bits per heavy atom. The summed E-state index contributed by atoms with van der Waals surface area (Å²) in [6.45, 7) is 2.33. The van der Waals surface area contributed by atoms with Crippen molar-refractivity contribution in [3.8, 4) is 0 Å². The van der Waals surface area contributed by atoms with Crippen LogP contribution in [0.2, 0.25) is 0 Å². The maximum Gasteiger partial charge on any atom is 0.317 e. The first kappa shape index (κ1) is 17.4. The van der Waals surface area contributed by atoms with Crippen molar-refractivity contribution < 1.29 is 9.72 Å². The van der Waals surface area contributed by atoms with E-state index in [1.54, 1.807) is 36.5 Å². The molecule has 0 radical (unpaired) electrons. The van der Waals surface area contributed by atoms with Crippen LogP contribution < -0.4 is 5.32 Å². The van der Waals surface area contributed by atoms with Gasteiger partial charge >= 0.3 is 6.03 Å². The van der Waals surface area contributed by atoms with Gasteiger partial charge in [-0.3, -0.25) is 15.1 Å². The molecule has 1 aromatic carbocycles. The normalized spacial score (nSPS) is 11.6. The number of nitro benzene ring substituents is 1. The fraction of sp³-hybridized carbons (Fsp3) is 0.294. The minimum atomic E-state index is -0.448. The summed E-state index contributed by atoms with van der Waals surface area (Å²) in [5, 5.41) is 13.5. The zero-order valence-corrected chi connectivity index (χ0v) is 13.7. The molecule has 1 N–H and O–H groups in total. The third kappa shape index (κ3) is 4.28. The summed E-state index contributed by atoms with van der Waals surface area (Å²) in [6, 6.07) is 9.69. The van der Waals surface area contributed by atoms with E-state index in [-0.39, 0.29) is 17.8 Å². The van der Waals surface area contributed by atoms with Crippen molar-refractivity contribution in [1.29, 1.82) is 0 Å². The van der Waals surface area contributed by atoms with Crippen molar-refractivity contribution in [3.05, 3.63) is 70.0 Å². The summed E-state index contributed by atoms with van der Waals surface area (Å²) in [7, 11) is 1.75. The van der Waals surface area contributed by atoms with Crippen LogP contribution in [-0.2, 0) is 6.54 Å². The molecule has 1 heterocycles. The number of carbonyl (C=O) groups is 1. The first-order chi connectivity index (χ1) is 11.5. The largest absolute Gasteiger partial charge is 0.334 e. The number of non-ortho nitro benzene ring substituents is 1. The van der Waals surface area contributed by atoms with Crippen LogP contribution in [0, 0.1) is 10.1 Å². The molecule has 0 aliphatic heterocycles. The standard InChI is InChI=1S/C17H20N4O3/c1-3-16(14-8-10-18-11-9-14)20(2)17(22)19-12-13-4-6-15(7-5-13)21(23)24/h4-11,16H,3,12H2,1-2H3,(H,19,22)/t16-/m0/s1. The summed E-state index contributed by atoms with van der Waals surface area (Å²) in [6.07, 6.45) is 4.20. The molecule has 0 saturated heterocycles. The van der Waals surface area contributed by atoms with Crippen molar-refractivity contribution in [2.24, 2.45) is 0 Å². The number of amides is 2. The van der Waals surface area contributed by atoms with Gasteiger partial charge in [-0.2, -0.15) is 0 Å². The number of carbonyl (C=O) groups excluding carboxylic acids is 1. The fourth-order valence-corrected chi connectivity index (χ4v) is 2.50. The molecule has 1 atom stereocenters. The lowest BCUT2D eigenvalue weighted by atomic mass is 10.1. The zero-order chi connectivity index (χ0) is 17.5. The van der Waals surface area contributed by atoms with E-state index < -0.39 is 4.92 Å². The average Bonchev–Trinajstić information content (AvgIpc) is 2.61. The number of nitrogens with zero attached hydrogens (tertiary/aromatic N) is 3. The van der Waals surface area contributed by atoms with Gasteiger partial charge in [-0.1, -0.05) is 19.1 Å². The SMILES string of the molecule is CC[C@@H](c1ccncc1)N(C)C(=O)NCc1ccc([N+](=O)[O-])cc1. The van der Waals surface area contributed by atoms with E-state index in [9.17, 15) is 14.9 Å².